The lowest BCUT2D eigenvalue weighted by molar-refractivity contribution is -0.143. The van der Waals surface area contributed by atoms with Gasteiger partial charge in [0, 0.05) is 36.7 Å². The zero-order chi connectivity index (χ0) is 16.8. The Balaban J connectivity index is 0.00000529. The maximum atomic E-state index is 11.3. The summed E-state index contributed by atoms with van der Waals surface area (Å²) in [6.45, 7) is 6.55. The normalized spacial score (nSPS) is 10.7. The SMILES string of the molecule is CCNC(=NCCCC(=O)OCC)NCCSc1ccccc1.I. The molecule has 0 aliphatic heterocycles. The number of hydrogen-bond acceptors (Lipinski definition) is 4. The van der Waals surface area contributed by atoms with Crippen LogP contribution in [-0.4, -0.2) is 43.9 Å². The Hall–Kier alpha value is -0.960. The second kappa shape index (κ2) is 15.6. The van der Waals surface area contributed by atoms with E-state index in [1.165, 1.54) is 4.90 Å². The van der Waals surface area contributed by atoms with Gasteiger partial charge in [-0.1, -0.05) is 18.2 Å². The number of ether oxygens (including phenoxy) is 1. The van der Waals surface area contributed by atoms with Gasteiger partial charge in [0.1, 0.15) is 0 Å². The number of carbonyl (C=O) groups excluding carboxylic acids is 1. The zero-order valence-corrected chi connectivity index (χ0v) is 17.6. The summed E-state index contributed by atoms with van der Waals surface area (Å²) in [5.74, 6) is 1.61. The average Bonchev–Trinajstić information content (AvgIpc) is 2.56. The number of rotatable bonds is 10. The van der Waals surface area contributed by atoms with Crippen molar-refractivity contribution in [3.05, 3.63) is 30.3 Å². The van der Waals surface area contributed by atoms with Crippen LogP contribution in [0, 0.1) is 0 Å². The molecule has 0 saturated carbocycles. The van der Waals surface area contributed by atoms with Gasteiger partial charge in [0.05, 0.1) is 6.61 Å². The van der Waals surface area contributed by atoms with Gasteiger partial charge < -0.3 is 15.4 Å². The summed E-state index contributed by atoms with van der Waals surface area (Å²) in [4.78, 5) is 17.0. The van der Waals surface area contributed by atoms with Crippen molar-refractivity contribution >= 4 is 47.7 Å². The van der Waals surface area contributed by atoms with Gasteiger partial charge >= 0.3 is 5.97 Å². The van der Waals surface area contributed by atoms with Crippen LogP contribution < -0.4 is 10.6 Å². The second-order valence-corrected chi connectivity index (χ2v) is 5.93. The van der Waals surface area contributed by atoms with Crippen LogP contribution in [0.3, 0.4) is 0 Å². The number of nitrogens with zero attached hydrogens (tertiary/aromatic N) is 1. The van der Waals surface area contributed by atoms with Gasteiger partial charge in [-0.2, -0.15) is 0 Å². The molecule has 2 N–H and O–H groups in total. The van der Waals surface area contributed by atoms with E-state index in [2.05, 4.69) is 27.8 Å². The molecule has 0 spiro atoms. The van der Waals surface area contributed by atoms with Crippen LogP contribution in [0.15, 0.2) is 40.2 Å². The van der Waals surface area contributed by atoms with Crippen LogP contribution in [0.2, 0.25) is 0 Å². The summed E-state index contributed by atoms with van der Waals surface area (Å²) in [5.41, 5.74) is 0. The highest BCUT2D eigenvalue weighted by Gasteiger charge is 2.01. The molecule has 5 nitrogen and oxygen atoms in total. The highest BCUT2D eigenvalue weighted by molar-refractivity contribution is 14.0. The molecule has 0 saturated heterocycles. The monoisotopic (exact) mass is 465 g/mol. The zero-order valence-electron chi connectivity index (χ0n) is 14.4. The first kappa shape index (κ1) is 23.0. The molecule has 24 heavy (non-hydrogen) atoms. The maximum absolute atomic E-state index is 11.3. The first-order valence-electron chi connectivity index (χ1n) is 8.12. The van der Waals surface area contributed by atoms with Crippen molar-refractivity contribution < 1.29 is 9.53 Å². The van der Waals surface area contributed by atoms with Gasteiger partial charge in [-0.05, 0) is 32.4 Å². The number of thioether (sulfide) groups is 1. The lowest BCUT2D eigenvalue weighted by Gasteiger charge is -2.11. The number of halogens is 1. The topological polar surface area (TPSA) is 62.7 Å². The lowest BCUT2D eigenvalue weighted by atomic mass is 10.3. The minimum Gasteiger partial charge on any atom is -0.466 e. The minimum atomic E-state index is -0.153. The molecule has 0 radical (unpaired) electrons. The summed E-state index contributed by atoms with van der Waals surface area (Å²) in [5, 5.41) is 6.51. The van der Waals surface area contributed by atoms with Crippen LogP contribution >= 0.6 is 35.7 Å². The van der Waals surface area contributed by atoms with Crippen molar-refractivity contribution in [1.29, 1.82) is 0 Å². The Morgan fingerprint density at radius 2 is 1.96 bits per heavy atom. The largest absolute Gasteiger partial charge is 0.466 e. The van der Waals surface area contributed by atoms with Gasteiger partial charge in [0.2, 0.25) is 0 Å². The van der Waals surface area contributed by atoms with Crippen LogP contribution in [0.5, 0.6) is 0 Å². The van der Waals surface area contributed by atoms with Gasteiger partial charge in [-0.15, -0.1) is 35.7 Å². The van der Waals surface area contributed by atoms with E-state index >= 15 is 0 Å². The highest BCUT2D eigenvalue weighted by Crippen LogP contribution is 2.15. The van der Waals surface area contributed by atoms with Crippen LogP contribution in [0.25, 0.3) is 0 Å². The van der Waals surface area contributed by atoms with E-state index in [1.54, 1.807) is 0 Å². The molecular weight excluding hydrogens is 437 g/mol. The Morgan fingerprint density at radius 1 is 1.21 bits per heavy atom. The maximum Gasteiger partial charge on any atom is 0.305 e. The summed E-state index contributed by atoms with van der Waals surface area (Å²) >= 11 is 1.81. The van der Waals surface area contributed by atoms with E-state index in [-0.39, 0.29) is 29.9 Å². The number of nitrogens with one attached hydrogen (secondary N) is 2. The number of aliphatic imine (C=N–C) groups is 1. The Bertz CT molecular complexity index is 472. The molecule has 1 aromatic rings. The molecule has 0 bridgehead atoms. The Labute approximate surface area is 166 Å². The quantitative estimate of drug-likeness (QED) is 0.139. The van der Waals surface area contributed by atoms with Crippen molar-refractivity contribution in [2.24, 2.45) is 4.99 Å². The molecule has 1 aromatic carbocycles. The summed E-state index contributed by atoms with van der Waals surface area (Å²) in [7, 11) is 0. The first-order chi connectivity index (χ1) is 11.3. The van der Waals surface area contributed by atoms with Gasteiger partial charge in [-0.3, -0.25) is 9.79 Å². The molecular formula is C17H28IN3O2S. The Morgan fingerprint density at radius 3 is 2.62 bits per heavy atom. The average molecular weight is 465 g/mol. The second-order valence-electron chi connectivity index (χ2n) is 4.76. The fraction of sp³-hybridized carbons (Fsp3) is 0.529. The number of guanidine groups is 1. The molecule has 0 aliphatic rings. The number of benzene rings is 1. The van der Waals surface area contributed by atoms with Crippen LogP contribution in [0.1, 0.15) is 26.7 Å². The fourth-order valence-electron chi connectivity index (χ4n) is 1.84. The predicted molar refractivity (Wildman–Crippen MR) is 112 cm³/mol. The van der Waals surface area contributed by atoms with Crippen molar-refractivity contribution in [3.8, 4) is 0 Å². The number of carbonyl (C=O) groups is 1. The smallest absolute Gasteiger partial charge is 0.305 e. The summed E-state index contributed by atoms with van der Waals surface area (Å²) in [6.07, 6.45) is 1.12. The van der Waals surface area contributed by atoms with Crippen molar-refractivity contribution in [2.75, 3.05) is 32.0 Å². The van der Waals surface area contributed by atoms with Crippen LogP contribution in [0.4, 0.5) is 0 Å². The van der Waals surface area contributed by atoms with Crippen LogP contribution in [-0.2, 0) is 9.53 Å². The standard InChI is InChI=1S/C17H27N3O2S.HI/c1-3-18-17(19-12-8-11-16(21)22-4-2)20-13-14-23-15-9-6-5-7-10-15;/h5-7,9-10H,3-4,8,11-14H2,1-2H3,(H2,18,19,20);1H. The molecule has 0 amide bonds. The Kier molecular flexibility index (Phi) is 14.9. The molecule has 136 valence electrons. The minimum absolute atomic E-state index is 0. The molecule has 0 aromatic heterocycles. The fourth-order valence-corrected chi connectivity index (χ4v) is 2.63. The molecule has 1 rings (SSSR count). The molecule has 0 fully saturated rings. The first-order valence-corrected chi connectivity index (χ1v) is 9.10. The van der Waals surface area contributed by atoms with Crippen molar-refractivity contribution in [2.45, 2.75) is 31.6 Å². The summed E-state index contributed by atoms with van der Waals surface area (Å²) < 4.78 is 4.90. The predicted octanol–water partition coefficient (Wildman–Crippen LogP) is 3.30. The highest BCUT2D eigenvalue weighted by atomic mass is 127. The molecule has 0 atom stereocenters. The van der Waals surface area contributed by atoms with E-state index in [9.17, 15) is 4.79 Å². The third-order valence-corrected chi connectivity index (χ3v) is 3.88. The third-order valence-electron chi connectivity index (χ3n) is 2.86. The summed E-state index contributed by atoms with van der Waals surface area (Å²) in [6, 6.07) is 10.3. The molecule has 0 aliphatic carbocycles. The van der Waals surface area contributed by atoms with E-state index in [0.717, 1.165) is 24.8 Å². The van der Waals surface area contributed by atoms with Gasteiger partial charge in [0.25, 0.3) is 0 Å². The molecule has 0 heterocycles. The number of hydrogen-bond donors (Lipinski definition) is 2. The van der Waals surface area contributed by atoms with E-state index in [0.29, 0.717) is 26.0 Å². The van der Waals surface area contributed by atoms with E-state index in [4.69, 9.17) is 4.74 Å². The van der Waals surface area contributed by atoms with Gasteiger partial charge in [-0.25, -0.2) is 0 Å². The van der Waals surface area contributed by atoms with E-state index in [1.807, 2.05) is 43.8 Å². The van der Waals surface area contributed by atoms with Crippen molar-refractivity contribution in [3.63, 3.8) is 0 Å². The van der Waals surface area contributed by atoms with E-state index < -0.39 is 0 Å². The van der Waals surface area contributed by atoms with Crippen molar-refractivity contribution in [1.82, 2.24) is 10.6 Å². The molecule has 7 heteroatoms. The lowest BCUT2D eigenvalue weighted by Crippen LogP contribution is -2.38. The molecule has 0 unspecified atom stereocenters. The number of esters is 1. The van der Waals surface area contributed by atoms with Gasteiger partial charge in [0.15, 0.2) is 5.96 Å². The third kappa shape index (κ3) is 11.6.